The minimum absolute atomic E-state index is 0. The van der Waals surface area contributed by atoms with Crippen molar-refractivity contribution in [3.63, 3.8) is 0 Å². The van der Waals surface area contributed by atoms with Gasteiger partial charge in [-0.05, 0) is 6.92 Å². The Hall–Kier alpha value is 0.690. The fourth-order valence-corrected chi connectivity index (χ4v) is 0. The predicted molar refractivity (Wildman–Crippen MR) is 27.0 cm³/mol. The maximum Gasteiger partial charge on any atom is 0.320 e. The molecule has 0 spiro atoms. The van der Waals surface area contributed by atoms with E-state index < -0.39 is 12.0 Å². The van der Waals surface area contributed by atoms with Gasteiger partial charge >= 0.3 is 5.97 Å². The van der Waals surface area contributed by atoms with Crippen LogP contribution >= 0.6 is 0 Å². The van der Waals surface area contributed by atoms with Gasteiger partial charge in [0.05, 0.1) is 0 Å². The van der Waals surface area contributed by atoms with E-state index >= 15 is 0 Å². The van der Waals surface area contributed by atoms with Gasteiger partial charge in [-0.25, -0.2) is 0 Å². The SMILES string of the molecule is CC(N)C(=O)O.[Ca]. The van der Waals surface area contributed by atoms with E-state index in [2.05, 4.69) is 0 Å². The van der Waals surface area contributed by atoms with Crippen molar-refractivity contribution < 1.29 is 9.90 Å². The third kappa shape index (κ3) is 6.69. The zero-order valence-corrected chi connectivity index (χ0v) is 6.43. The first-order valence-corrected chi connectivity index (χ1v) is 1.63. The minimum atomic E-state index is -0.963. The molecule has 0 aliphatic rings. The quantitative estimate of drug-likeness (QED) is 0.448. The van der Waals surface area contributed by atoms with Gasteiger partial charge in [-0.3, -0.25) is 4.79 Å². The fourth-order valence-electron chi connectivity index (χ4n) is 0. The molecule has 0 heterocycles. The van der Waals surface area contributed by atoms with Crippen LogP contribution in [0.3, 0.4) is 0 Å². The van der Waals surface area contributed by atoms with Crippen LogP contribution in [0.25, 0.3) is 0 Å². The Bertz CT molecular complexity index is 64.0. The topological polar surface area (TPSA) is 63.3 Å². The summed E-state index contributed by atoms with van der Waals surface area (Å²) in [6.07, 6.45) is 0. The molecule has 0 aromatic heterocycles. The van der Waals surface area contributed by atoms with Gasteiger partial charge in [0.15, 0.2) is 0 Å². The van der Waals surface area contributed by atoms with Gasteiger partial charge in [0.2, 0.25) is 0 Å². The molecule has 0 fully saturated rings. The van der Waals surface area contributed by atoms with E-state index in [-0.39, 0.29) is 37.7 Å². The van der Waals surface area contributed by atoms with Gasteiger partial charge < -0.3 is 10.8 Å². The second kappa shape index (κ2) is 4.84. The number of rotatable bonds is 1. The summed E-state index contributed by atoms with van der Waals surface area (Å²) in [5.41, 5.74) is 4.84. The number of carboxylic acid groups (broad SMARTS) is 1. The van der Waals surface area contributed by atoms with Crippen molar-refractivity contribution >= 4 is 43.7 Å². The van der Waals surface area contributed by atoms with Crippen LogP contribution in [0, 0.1) is 0 Å². The van der Waals surface area contributed by atoms with Gasteiger partial charge in [0.25, 0.3) is 0 Å². The van der Waals surface area contributed by atoms with Crippen LogP contribution in [0.4, 0.5) is 0 Å². The van der Waals surface area contributed by atoms with Crippen molar-refractivity contribution in [3.8, 4) is 0 Å². The molecule has 0 amide bonds. The van der Waals surface area contributed by atoms with Crippen LogP contribution < -0.4 is 5.73 Å². The Morgan fingerprint density at radius 3 is 2.00 bits per heavy atom. The first-order valence-electron chi connectivity index (χ1n) is 1.63. The molecule has 3 nitrogen and oxygen atoms in total. The predicted octanol–water partition coefficient (Wildman–Crippen LogP) is -0.963. The Balaban J connectivity index is 0. The van der Waals surface area contributed by atoms with Crippen LogP contribution in [0.5, 0.6) is 0 Å². The smallest absolute Gasteiger partial charge is 0.320 e. The summed E-state index contributed by atoms with van der Waals surface area (Å²) in [7, 11) is 0. The van der Waals surface area contributed by atoms with E-state index in [9.17, 15) is 4.79 Å². The van der Waals surface area contributed by atoms with Gasteiger partial charge in [-0.2, -0.15) is 0 Å². The van der Waals surface area contributed by atoms with Crippen LogP contribution in [0.15, 0.2) is 0 Å². The monoisotopic (exact) mass is 129 g/mol. The zero-order valence-electron chi connectivity index (χ0n) is 4.22. The van der Waals surface area contributed by atoms with Crippen LogP contribution in [-0.2, 0) is 4.79 Å². The minimum Gasteiger partial charge on any atom is -0.480 e. The average Bonchev–Trinajstić information content (AvgIpc) is 1.36. The van der Waals surface area contributed by atoms with Crippen LogP contribution in [0.1, 0.15) is 6.92 Å². The van der Waals surface area contributed by atoms with Crippen LogP contribution in [0.2, 0.25) is 0 Å². The van der Waals surface area contributed by atoms with Crippen molar-refractivity contribution in [1.82, 2.24) is 0 Å². The molecule has 0 rings (SSSR count). The molecular weight excluding hydrogens is 122 g/mol. The Kier molecular flexibility index (Phi) is 7.35. The molecule has 0 aromatic rings. The van der Waals surface area contributed by atoms with E-state index in [0.29, 0.717) is 0 Å². The molecule has 0 saturated carbocycles. The summed E-state index contributed by atoms with van der Waals surface area (Å²) >= 11 is 0. The van der Waals surface area contributed by atoms with E-state index in [0.717, 1.165) is 0 Å². The van der Waals surface area contributed by atoms with Gasteiger partial charge in [-0.1, -0.05) is 0 Å². The molecule has 0 bridgehead atoms. The second-order valence-corrected chi connectivity index (χ2v) is 1.13. The number of aliphatic carboxylic acids is 1. The molecule has 7 heavy (non-hydrogen) atoms. The molecule has 38 valence electrons. The molecule has 1 atom stereocenters. The van der Waals surface area contributed by atoms with E-state index in [1.807, 2.05) is 0 Å². The summed E-state index contributed by atoms with van der Waals surface area (Å²) in [5.74, 6) is -0.963. The Morgan fingerprint density at radius 2 is 2.00 bits per heavy atom. The molecule has 0 saturated heterocycles. The van der Waals surface area contributed by atoms with E-state index in [4.69, 9.17) is 10.8 Å². The maximum atomic E-state index is 9.57. The molecule has 2 radical (unpaired) electrons. The first kappa shape index (κ1) is 10.6. The van der Waals surface area contributed by atoms with Crippen LogP contribution in [-0.4, -0.2) is 54.9 Å². The van der Waals surface area contributed by atoms with E-state index in [1.54, 1.807) is 0 Å². The number of carboxylic acids is 1. The number of carbonyl (C=O) groups is 1. The summed E-state index contributed by atoms with van der Waals surface area (Å²) in [6.45, 7) is 1.42. The fraction of sp³-hybridized carbons (Fsp3) is 0.667. The summed E-state index contributed by atoms with van der Waals surface area (Å²) < 4.78 is 0. The second-order valence-electron chi connectivity index (χ2n) is 1.13. The van der Waals surface area contributed by atoms with Gasteiger partial charge in [0, 0.05) is 37.7 Å². The molecular formula is C3H7CaNO2. The van der Waals surface area contributed by atoms with Crippen molar-refractivity contribution in [2.45, 2.75) is 13.0 Å². The zero-order chi connectivity index (χ0) is 5.15. The van der Waals surface area contributed by atoms with Crippen molar-refractivity contribution in [2.24, 2.45) is 5.73 Å². The normalized spacial score (nSPS) is 11.7. The molecule has 0 aromatic carbocycles. The first-order chi connectivity index (χ1) is 2.64. The molecule has 4 heteroatoms. The summed E-state index contributed by atoms with van der Waals surface area (Å²) in [4.78, 5) is 9.57. The number of hydrogen-bond acceptors (Lipinski definition) is 2. The van der Waals surface area contributed by atoms with Crippen molar-refractivity contribution in [1.29, 1.82) is 0 Å². The Labute approximate surface area is 71.9 Å². The number of nitrogens with two attached hydrogens (primary N) is 1. The number of hydrogen-bond donors (Lipinski definition) is 2. The molecule has 0 aliphatic heterocycles. The Morgan fingerprint density at radius 1 is 1.86 bits per heavy atom. The third-order valence-electron chi connectivity index (χ3n) is 0.390. The standard InChI is InChI=1S/C3H7NO2.Ca/c1-2(4)3(5)6;/h2H,4H2,1H3,(H,5,6);. The summed E-state index contributed by atoms with van der Waals surface area (Å²) in [5, 5.41) is 7.87. The van der Waals surface area contributed by atoms with Gasteiger partial charge in [-0.15, -0.1) is 0 Å². The summed E-state index contributed by atoms with van der Waals surface area (Å²) in [6, 6.07) is -0.731. The molecule has 1 unspecified atom stereocenters. The van der Waals surface area contributed by atoms with Crippen molar-refractivity contribution in [3.05, 3.63) is 0 Å². The average molecular weight is 129 g/mol. The van der Waals surface area contributed by atoms with Crippen molar-refractivity contribution in [2.75, 3.05) is 0 Å². The third-order valence-corrected chi connectivity index (χ3v) is 0.390. The molecule has 0 aliphatic carbocycles. The van der Waals surface area contributed by atoms with E-state index in [1.165, 1.54) is 6.92 Å². The molecule has 3 N–H and O–H groups in total. The largest absolute Gasteiger partial charge is 0.480 e. The maximum absolute atomic E-state index is 9.57. The van der Waals surface area contributed by atoms with Gasteiger partial charge in [0.1, 0.15) is 6.04 Å².